The van der Waals surface area contributed by atoms with Gasteiger partial charge in [0.1, 0.15) is 5.75 Å². The van der Waals surface area contributed by atoms with Crippen LogP contribution in [0.1, 0.15) is 49.8 Å². The van der Waals surface area contributed by atoms with Gasteiger partial charge in [0.05, 0.1) is 7.11 Å². The number of benzene rings is 1. The fraction of sp³-hybridized carbons (Fsp3) is 0.526. The van der Waals surface area contributed by atoms with E-state index in [4.69, 9.17) is 4.74 Å². The lowest BCUT2D eigenvalue weighted by Gasteiger charge is -2.17. The summed E-state index contributed by atoms with van der Waals surface area (Å²) < 4.78 is 7.75. The first kappa shape index (κ1) is 15.9. The van der Waals surface area contributed by atoms with Gasteiger partial charge in [-0.15, -0.1) is 0 Å². The first-order valence-corrected chi connectivity index (χ1v) is 8.57. The minimum absolute atomic E-state index is 0.133. The fourth-order valence-corrected chi connectivity index (χ4v) is 3.78. The molecule has 3 rings (SSSR count). The third-order valence-electron chi connectivity index (χ3n) is 5.06. The zero-order valence-electron chi connectivity index (χ0n) is 14.3. The number of methoxy groups -OCH3 is 1. The highest BCUT2D eigenvalue weighted by molar-refractivity contribution is 5.87. The molecule has 0 radical (unpaired) electrons. The maximum absolute atomic E-state index is 11.7. The van der Waals surface area contributed by atoms with Crippen molar-refractivity contribution in [2.24, 2.45) is 7.05 Å². The van der Waals surface area contributed by atoms with Crippen LogP contribution in [0.4, 0.5) is 0 Å². The summed E-state index contributed by atoms with van der Waals surface area (Å²) in [7, 11) is 3.86. The Hall–Kier alpha value is -1.97. The van der Waals surface area contributed by atoms with Crippen molar-refractivity contribution >= 4 is 16.8 Å². The Morgan fingerprint density at radius 2 is 2.22 bits per heavy atom. The lowest BCUT2D eigenvalue weighted by atomic mass is 9.93. The normalized spacial score (nSPS) is 17.6. The predicted molar refractivity (Wildman–Crippen MR) is 93.1 cm³/mol. The van der Waals surface area contributed by atoms with Gasteiger partial charge in [-0.1, -0.05) is 13.3 Å². The number of hydrogen-bond acceptors (Lipinski definition) is 2. The van der Waals surface area contributed by atoms with Crippen LogP contribution in [-0.4, -0.2) is 24.1 Å². The van der Waals surface area contributed by atoms with E-state index in [0.29, 0.717) is 12.3 Å². The van der Waals surface area contributed by atoms with E-state index in [0.717, 1.165) is 25.1 Å². The summed E-state index contributed by atoms with van der Waals surface area (Å²) in [4.78, 5) is 11.7. The quantitative estimate of drug-likeness (QED) is 0.877. The molecule has 1 aliphatic carbocycles. The number of aromatic nitrogens is 1. The number of nitrogens with one attached hydrogen (secondary N) is 1. The summed E-state index contributed by atoms with van der Waals surface area (Å²) in [6.45, 7) is 2.63. The van der Waals surface area contributed by atoms with Gasteiger partial charge in [0.25, 0.3) is 0 Å². The Labute approximate surface area is 137 Å². The first-order chi connectivity index (χ1) is 11.2. The minimum Gasteiger partial charge on any atom is -0.497 e. The fourth-order valence-electron chi connectivity index (χ4n) is 3.78. The molecule has 23 heavy (non-hydrogen) atoms. The predicted octanol–water partition coefficient (Wildman–Crippen LogP) is 3.52. The van der Waals surface area contributed by atoms with E-state index in [1.807, 2.05) is 13.0 Å². The second-order valence-electron chi connectivity index (χ2n) is 6.40. The Kier molecular flexibility index (Phi) is 4.60. The van der Waals surface area contributed by atoms with Gasteiger partial charge in [0.2, 0.25) is 5.91 Å². The van der Waals surface area contributed by atoms with E-state index >= 15 is 0 Å². The van der Waals surface area contributed by atoms with Crippen molar-refractivity contribution in [1.29, 1.82) is 0 Å². The van der Waals surface area contributed by atoms with Crippen molar-refractivity contribution in [2.45, 2.75) is 44.9 Å². The molecule has 0 spiro atoms. The van der Waals surface area contributed by atoms with E-state index < -0.39 is 0 Å². The maximum Gasteiger partial charge on any atom is 0.219 e. The molecule has 0 saturated carbocycles. The molecule has 0 fully saturated rings. The van der Waals surface area contributed by atoms with Crippen molar-refractivity contribution in [3.05, 3.63) is 29.5 Å². The van der Waals surface area contributed by atoms with Crippen LogP contribution >= 0.6 is 0 Å². The zero-order valence-corrected chi connectivity index (χ0v) is 14.3. The molecule has 0 bridgehead atoms. The summed E-state index contributed by atoms with van der Waals surface area (Å²) in [5.41, 5.74) is 4.08. The van der Waals surface area contributed by atoms with Crippen molar-refractivity contribution in [3.8, 4) is 5.75 Å². The number of aryl methyl sites for hydroxylation is 1. The zero-order chi connectivity index (χ0) is 16.4. The number of hydrogen-bond donors (Lipinski definition) is 1. The average Bonchev–Trinajstić information content (AvgIpc) is 2.74. The monoisotopic (exact) mass is 314 g/mol. The van der Waals surface area contributed by atoms with Crippen LogP contribution < -0.4 is 10.1 Å². The van der Waals surface area contributed by atoms with Crippen molar-refractivity contribution in [2.75, 3.05) is 13.7 Å². The Morgan fingerprint density at radius 1 is 1.39 bits per heavy atom. The van der Waals surface area contributed by atoms with Crippen molar-refractivity contribution < 1.29 is 9.53 Å². The van der Waals surface area contributed by atoms with Crippen LogP contribution in [0, 0.1) is 0 Å². The van der Waals surface area contributed by atoms with Gasteiger partial charge < -0.3 is 14.6 Å². The third-order valence-corrected chi connectivity index (χ3v) is 5.06. The van der Waals surface area contributed by atoms with Gasteiger partial charge in [-0.3, -0.25) is 4.79 Å². The van der Waals surface area contributed by atoms with Gasteiger partial charge in [0.15, 0.2) is 0 Å². The number of fused-ring (bicyclic) bond motifs is 3. The molecule has 0 saturated heterocycles. The Morgan fingerprint density at radius 3 is 2.96 bits per heavy atom. The molecule has 1 aromatic heterocycles. The van der Waals surface area contributed by atoms with Crippen molar-refractivity contribution in [3.63, 3.8) is 0 Å². The highest BCUT2D eigenvalue weighted by Crippen LogP contribution is 2.38. The lowest BCUT2D eigenvalue weighted by Crippen LogP contribution is -2.27. The van der Waals surface area contributed by atoms with E-state index in [1.165, 1.54) is 35.0 Å². The van der Waals surface area contributed by atoms with Gasteiger partial charge in [-0.05, 0) is 43.0 Å². The molecule has 1 N–H and O–H groups in total. The topological polar surface area (TPSA) is 43.3 Å². The number of nitrogens with zero attached hydrogens (tertiary/aromatic N) is 1. The molecule has 1 aromatic carbocycles. The standard InChI is InChI=1S/C19H26N2O2/c1-4-18(22)20-12-13-7-5-6-8-17-19(13)15-11-14(23-3)9-10-16(15)21(17)2/h9-11,13H,4-8,12H2,1-3H3,(H,20,22)/t13-/m0/s1. The number of amides is 1. The largest absolute Gasteiger partial charge is 0.497 e. The molecule has 2 aromatic rings. The average molecular weight is 314 g/mol. The van der Waals surface area contributed by atoms with Crippen LogP contribution in [0.15, 0.2) is 18.2 Å². The minimum atomic E-state index is 0.133. The first-order valence-electron chi connectivity index (χ1n) is 8.57. The molecule has 124 valence electrons. The number of carbonyl (C=O) groups is 1. The second-order valence-corrected chi connectivity index (χ2v) is 6.40. The maximum atomic E-state index is 11.7. The highest BCUT2D eigenvalue weighted by Gasteiger charge is 2.25. The lowest BCUT2D eigenvalue weighted by molar-refractivity contribution is -0.120. The van der Waals surface area contributed by atoms with Gasteiger partial charge in [0, 0.05) is 42.5 Å². The van der Waals surface area contributed by atoms with E-state index in [9.17, 15) is 4.79 Å². The summed E-state index contributed by atoms with van der Waals surface area (Å²) in [6.07, 6.45) is 5.22. The molecule has 4 nitrogen and oxygen atoms in total. The van der Waals surface area contributed by atoms with Gasteiger partial charge >= 0.3 is 0 Å². The highest BCUT2D eigenvalue weighted by atomic mass is 16.5. The second kappa shape index (κ2) is 6.65. The molecule has 1 aliphatic rings. The van der Waals surface area contributed by atoms with Crippen LogP contribution in [0.3, 0.4) is 0 Å². The number of ether oxygens (including phenoxy) is 1. The molecule has 0 unspecified atom stereocenters. The smallest absolute Gasteiger partial charge is 0.219 e. The number of carbonyl (C=O) groups excluding carboxylic acids is 1. The molecule has 1 heterocycles. The molecule has 0 aliphatic heterocycles. The molecule has 1 atom stereocenters. The van der Waals surface area contributed by atoms with Crippen molar-refractivity contribution in [1.82, 2.24) is 9.88 Å². The molecular weight excluding hydrogens is 288 g/mol. The molecule has 1 amide bonds. The van der Waals surface area contributed by atoms with Crippen LogP contribution in [0.25, 0.3) is 10.9 Å². The van der Waals surface area contributed by atoms with Gasteiger partial charge in [-0.2, -0.15) is 0 Å². The van der Waals surface area contributed by atoms with E-state index in [2.05, 4.69) is 29.1 Å². The van der Waals surface area contributed by atoms with E-state index in [-0.39, 0.29) is 5.91 Å². The SMILES string of the molecule is CCC(=O)NC[C@@H]1CCCCc2c1c1cc(OC)ccc1n2C. The van der Waals surface area contributed by atoms with E-state index in [1.54, 1.807) is 7.11 Å². The Bertz CT molecular complexity index is 718. The summed E-state index contributed by atoms with van der Waals surface area (Å²) >= 11 is 0. The summed E-state index contributed by atoms with van der Waals surface area (Å²) in [6, 6.07) is 6.31. The summed E-state index contributed by atoms with van der Waals surface area (Å²) in [5, 5.41) is 4.37. The summed E-state index contributed by atoms with van der Waals surface area (Å²) in [5.74, 6) is 1.42. The molecule has 4 heteroatoms. The van der Waals surface area contributed by atoms with Crippen LogP contribution in [0.5, 0.6) is 5.75 Å². The van der Waals surface area contributed by atoms with Crippen LogP contribution in [0.2, 0.25) is 0 Å². The Balaban J connectivity index is 2.06. The number of rotatable bonds is 4. The van der Waals surface area contributed by atoms with Crippen LogP contribution in [-0.2, 0) is 18.3 Å². The third kappa shape index (κ3) is 2.94. The van der Waals surface area contributed by atoms with Gasteiger partial charge in [-0.25, -0.2) is 0 Å². The molecular formula is C19H26N2O2.